The number of carbonyl (C=O) groups is 1. The van der Waals surface area contributed by atoms with E-state index in [-0.39, 0.29) is 5.91 Å². The highest BCUT2D eigenvalue weighted by atomic mass is 16.5. The molecule has 128 valence electrons. The Morgan fingerprint density at radius 3 is 2.79 bits per heavy atom. The Balaban J connectivity index is 1.68. The second kappa shape index (κ2) is 7.62. The topological polar surface area (TPSA) is 54.5 Å². The molecule has 1 saturated heterocycles. The number of amides is 1. The van der Waals surface area contributed by atoms with Crippen LogP contribution in [-0.2, 0) is 0 Å². The fraction of sp³-hybridized carbons (Fsp3) is 0.474. The first-order valence-corrected chi connectivity index (χ1v) is 8.60. The summed E-state index contributed by atoms with van der Waals surface area (Å²) < 4.78 is 5.23. The molecule has 1 aliphatic rings. The van der Waals surface area contributed by atoms with Crippen LogP contribution in [0.5, 0.6) is 5.75 Å². The zero-order chi connectivity index (χ0) is 16.9. The van der Waals surface area contributed by atoms with Crippen molar-refractivity contribution in [3.63, 3.8) is 0 Å². The van der Waals surface area contributed by atoms with E-state index in [9.17, 15) is 4.79 Å². The van der Waals surface area contributed by atoms with Crippen molar-refractivity contribution in [2.45, 2.75) is 19.3 Å². The molecule has 2 aromatic rings. The fourth-order valence-corrected chi connectivity index (χ4v) is 3.28. The predicted molar refractivity (Wildman–Crippen MR) is 95.5 cm³/mol. The molecule has 0 unspecified atom stereocenters. The van der Waals surface area contributed by atoms with Crippen LogP contribution in [0.25, 0.3) is 10.9 Å². The van der Waals surface area contributed by atoms with Crippen LogP contribution in [0.2, 0.25) is 0 Å². The van der Waals surface area contributed by atoms with Gasteiger partial charge in [0, 0.05) is 18.5 Å². The van der Waals surface area contributed by atoms with Crippen LogP contribution in [0, 0.1) is 5.92 Å². The maximum atomic E-state index is 12.7. The van der Waals surface area contributed by atoms with Crippen molar-refractivity contribution < 1.29 is 9.53 Å². The lowest BCUT2D eigenvalue weighted by molar-refractivity contribution is 0.0681. The highest BCUT2D eigenvalue weighted by Gasteiger charge is 2.24. The zero-order valence-electron chi connectivity index (χ0n) is 14.4. The number of ether oxygens (including phenoxy) is 1. The van der Waals surface area contributed by atoms with E-state index in [1.807, 2.05) is 42.3 Å². The molecule has 0 aliphatic carbocycles. The van der Waals surface area contributed by atoms with Crippen LogP contribution in [0.3, 0.4) is 0 Å². The largest absolute Gasteiger partial charge is 0.497 e. The first-order chi connectivity index (χ1) is 11.7. The van der Waals surface area contributed by atoms with E-state index in [0.717, 1.165) is 55.0 Å². The number of aromatic nitrogens is 1. The lowest BCUT2D eigenvalue weighted by Gasteiger charge is -2.31. The second-order valence-corrected chi connectivity index (χ2v) is 6.38. The van der Waals surface area contributed by atoms with E-state index in [1.54, 1.807) is 7.11 Å². The van der Waals surface area contributed by atoms with Gasteiger partial charge in [-0.25, -0.2) is 4.98 Å². The molecule has 2 heterocycles. The number of fused-ring (bicyclic) bond motifs is 1. The lowest BCUT2D eigenvalue weighted by atomic mass is 9.93. The van der Waals surface area contributed by atoms with Crippen molar-refractivity contribution in [2.24, 2.45) is 5.92 Å². The van der Waals surface area contributed by atoms with Crippen LogP contribution in [0.1, 0.15) is 29.8 Å². The molecule has 0 atom stereocenters. The highest BCUT2D eigenvalue weighted by molar-refractivity contribution is 5.95. The monoisotopic (exact) mass is 327 g/mol. The van der Waals surface area contributed by atoms with Gasteiger partial charge in [-0.15, -0.1) is 0 Å². The van der Waals surface area contributed by atoms with Crippen LogP contribution >= 0.6 is 0 Å². The molecule has 5 heteroatoms. The number of rotatable bonds is 5. The van der Waals surface area contributed by atoms with Gasteiger partial charge >= 0.3 is 0 Å². The predicted octanol–water partition coefficient (Wildman–Crippen LogP) is 2.71. The number of nitrogens with zero attached hydrogens (tertiary/aromatic N) is 2. The van der Waals surface area contributed by atoms with Gasteiger partial charge in [0.2, 0.25) is 0 Å². The average Bonchev–Trinajstić information content (AvgIpc) is 2.65. The summed E-state index contributed by atoms with van der Waals surface area (Å²) in [5.41, 5.74) is 1.35. The number of hydrogen-bond acceptors (Lipinski definition) is 4. The summed E-state index contributed by atoms with van der Waals surface area (Å²) >= 11 is 0. The molecule has 1 fully saturated rings. The summed E-state index contributed by atoms with van der Waals surface area (Å²) in [6.07, 6.45) is 3.35. The first kappa shape index (κ1) is 16.7. The summed E-state index contributed by atoms with van der Waals surface area (Å²) in [6, 6.07) is 9.46. The van der Waals surface area contributed by atoms with E-state index in [2.05, 4.69) is 10.3 Å². The van der Waals surface area contributed by atoms with Gasteiger partial charge in [0.1, 0.15) is 11.4 Å². The fourth-order valence-electron chi connectivity index (χ4n) is 3.28. The Labute approximate surface area is 143 Å². The molecule has 1 N–H and O–H groups in total. The van der Waals surface area contributed by atoms with Gasteiger partial charge < -0.3 is 15.0 Å². The molecular formula is C19H25N3O2. The molecule has 1 amide bonds. The number of likely N-dealkylation sites (tertiary alicyclic amines) is 1. The Morgan fingerprint density at radius 2 is 2.08 bits per heavy atom. The van der Waals surface area contributed by atoms with Gasteiger partial charge in [-0.1, -0.05) is 6.07 Å². The lowest BCUT2D eigenvalue weighted by Crippen LogP contribution is -2.39. The van der Waals surface area contributed by atoms with Crippen molar-refractivity contribution >= 4 is 16.8 Å². The molecule has 0 saturated carbocycles. The first-order valence-electron chi connectivity index (χ1n) is 8.60. The van der Waals surface area contributed by atoms with E-state index < -0.39 is 0 Å². The number of benzene rings is 1. The number of carbonyl (C=O) groups excluding carboxylic acids is 1. The van der Waals surface area contributed by atoms with Crippen LogP contribution in [0.15, 0.2) is 30.3 Å². The van der Waals surface area contributed by atoms with Crippen molar-refractivity contribution in [1.29, 1.82) is 0 Å². The summed E-state index contributed by atoms with van der Waals surface area (Å²) in [4.78, 5) is 19.2. The third-order valence-electron chi connectivity index (χ3n) is 4.82. The molecule has 1 aliphatic heterocycles. The van der Waals surface area contributed by atoms with E-state index in [1.165, 1.54) is 6.42 Å². The van der Waals surface area contributed by atoms with Gasteiger partial charge in [0.05, 0.1) is 12.6 Å². The third kappa shape index (κ3) is 3.67. The Kier molecular flexibility index (Phi) is 5.30. The standard InChI is InChI=1S/C19H25N3O2/c1-20-10-7-14-8-11-22(12-9-14)19(23)18-5-3-15-13-16(24-2)4-6-17(15)21-18/h3-6,13-14,20H,7-12H2,1-2H3. The summed E-state index contributed by atoms with van der Waals surface area (Å²) in [6.45, 7) is 2.71. The number of hydrogen-bond donors (Lipinski definition) is 1. The minimum atomic E-state index is 0.0415. The van der Waals surface area contributed by atoms with Gasteiger partial charge in [-0.05, 0) is 63.0 Å². The molecule has 1 aromatic carbocycles. The molecular weight excluding hydrogens is 302 g/mol. The van der Waals surface area contributed by atoms with E-state index >= 15 is 0 Å². The molecule has 0 bridgehead atoms. The molecule has 1 aromatic heterocycles. The quantitative estimate of drug-likeness (QED) is 0.917. The van der Waals surface area contributed by atoms with E-state index in [0.29, 0.717) is 5.69 Å². The normalized spacial score (nSPS) is 15.7. The van der Waals surface area contributed by atoms with Crippen LogP contribution in [-0.4, -0.2) is 49.6 Å². The molecule has 0 radical (unpaired) electrons. The summed E-state index contributed by atoms with van der Waals surface area (Å²) in [5.74, 6) is 1.56. The summed E-state index contributed by atoms with van der Waals surface area (Å²) in [7, 11) is 3.63. The molecule has 0 spiro atoms. The van der Waals surface area contributed by atoms with Crippen LogP contribution < -0.4 is 10.1 Å². The van der Waals surface area contributed by atoms with Gasteiger partial charge in [-0.3, -0.25) is 4.79 Å². The minimum Gasteiger partial charge on any atom is -0.497 e. The SMILES string of the molecule is CNCCC1CCN(C(=O)c2ccc3cc(OC)ccc3n2)CC1. The van der Waals surface area contributed by atoms with Crippen molar-refractivity contribution in [1.82, 2.24) is 15.2 Å². The van der Waals surface area contributed by atoms with Crippen molar-refractivity contribution in [2.75, 3.05) is 33.8 Å². The third-order valence-corrected chi connectivity index (χ3v) is 4.82. The van der Waals surface area contributed by atoms with Gasteiger partial charge in [0.15, 0.2) is 0 Å². The van der Waals surface area contributed by atoms with Gasteiger partial charge in [-0.2, -0.15) is 0 Å². The Morgan fingerprint density at radius 1 is 1.29 bits per heavy atom. The molecule has 24 heavy (non-hydrogen) atoms. The zero-order valence-corrected chi connectivity index (χ0v) is 14.4. The number of piperidine rings is 1. The maximum Gasteiger partial charge on any atom is 0.272 e. The van der Waals surface area contributed by atoms with E-state index in [4.69, 9.17) is 4.74 Å². The number of methoxy groups -OCH3 is 1. The highest BCUT2D eigenvalue weighted by Crippen LogP contribution is 2.23. The number of pyridine rings is 1. The number of nitrogens with one attached hydrogen (secondary N) is 1. The maximum absolute atomic E-state index is 12.7. The van der Waals surface area contributed by atoms with Crippen molar-refractivity contribution in [3.8, 4) is 5.75 Å². The minimum absolute atomic E-state index is 0.0415. The Bertz CT molecular complexity index is 709. The smallest absolute Gasteiger partial charge is 0.272 e. The Hall–Kier alpha value is -2.14. The van der Waals surface area contributed by atoms with Crippen molar-refractivity contribution in [3.05, 3.63) is 36.0 Å². The van der Waals surface area contributed by atoms with Gasteiger partial charge in [0.25, 0.3) is 5.91 Å². The molecule has 3 rings (SSSR count). The summed E-state index contributed by atoms with van der Waals surface area (Å²) in [5, 5.41) is 4.18. The molecule has 5 nitrogen and oxygen atoms in total. The average molecular weight is 327 g/mol. The second-order valence-electron chi connectivity index (χ2n) is 6.38. The van der Waals surface area contributed by atoms with Crippen LogP contribution in [0.4, 0.5) is 0 Å².